The molecule has 36 heavy (non-hydrogen) atoms. The lowest BCUT2D eigenvalue weighted by molar-refractivity contribution is 0.0952. The number of carbonyl (C=O) groups is 1. The molecule has 1 N–H and O–H groups in total. The minimum atomic E-state index is -0.335. The number of halogens is 1. The Morgan fingerprint density at radius 2 is 1.83 bits per heavy atom. The van der Waals surface area contributed by atoms with E-state index in [2.05, 4.69) is 10.4 Å². The van der Waals surface area contributed by atoms with Gasteiger partial charge in [0.05, 0.1) is 41.5 Å². The average Bonchev–Trinajstić information content (AvgIpc) is 3.28. The Balaban J connectivity index is 1.53. The summed E-state index contributed by atoms with van der Waals surface area (Å²) in [5.41, 5.74) is 6.20. The summed E-state index contributed by atoms with van der Waals surface area (Å²) in [6.45, 7) is 4.16. The number of fused-ring (bicyclic) bond motifs is 1. The van der Waals surface area contributed by atoms with Crippen molar-refractivity contribution in [2.24, 2.45) is 0 Å². The van der Waals surface area contributed by atoms with E-state index in [9.17, 15) is 9.18 Å². The van der Waals surface area contributed by atoms with Crippen LogP contribution in [-0.4, -0.2) is 27.8 Å². The first-order valence-corrected chi connectivity index (χ1v) is 11.6. The maximum absolute atomic E-state index is 13.6. The molecule has 2 heterocycles. The van der Waals surface area contributed by atoms with Crippen molar-refractivity contribution in [3.63, 3.8) is 0 Å². The molecule has 5 aromatic rings. The normalized spacial score (nSPS) is 11.0. The Labute approximate surface area is 208 Å². The molecule has 5 rings (SSSR count). The highest BCUT2D eigenvalue weighted by atomic mass is 19.1. The fourth-order valence-corrected chi connectivity index (χ4v) is 4.23. The predicted octanol–water partition coefficient (Wildman–Crippen LogP) is 5.78. The molecule has 180 valence electrons. The molecule has 0 aliphatic carbocycles. The number of benzene rings is 3. The van der Waals surface area contributed by atoms with E-state index in [1.165, 1.54) is 12.1 Å². The van der Waals surface area contributed by atoms with Crippen LogP contribution in [-0.2, 0) is 6.54 Å². The van der Waals surface area contributed by atoms with E-state index in [4.69, 9.17) is 9.72 Å². The van der Waals surface area contributed by atoms with Gasteiger partial charge in [0.25, 0.3) is 5.91 Å². The highest BCUT2D eigenvalue weighted by Crippen LogP contribution is 2.29. The van der Waals surface area contributed by atoms with Crippen molar-refractivity contribution in [1.82, 2.24) is 20.1 Å². The molecule has 6 nitrogen and oxygen atoms in total. The number of nitrogens with zero attached hydrogens (tertiary/aromatic N) is 3. The van der Waals surface area contributed by atoms with Crippen LogP contribution >= 0.6 is 0 Å². The number of rotatable bonds is 6. The number of aryl methyl sites for hydroxylation is 1. The van der Waals surface area contributed by atoms with Gasteiger partial charge in [0.1, 0.15) is 11.6 Å². The van der Waals surface area contributed by atoms with E-state index < -0.39 is 0 Å². The second kappa shape index (κ2) is 9.62. The van der Waals surface area contributed by atoms with Gasteiger partial charge in [-0.05, 0) is 74.0 Å². The fraction of sp³-hybridized carbons (Fsp3) is 0.138. The second-order valence-corrected chi connectivity index (χ2v) is 8.64. The lowest BCUT2D eigenvalue weighted by Crippen LogP contribution is -2.23. The summed E-state index contributed by atoms with van der Waals surface area (Å²) in [5.74, 6) is 0.182. The number of hydrogen-bond acceptors (Lipinski definition) is 4. The standard InChI is InChI=1S/C29H25FN4O2/c1-18-7-12-27-24(13-18)25(29(35)31-16-20-5-4-6-21(30)14-20)15-28(33-27)26-17-32-34(19(26)2)22-8-10-23(36-3)11-9-22/h4-15,17H,16H2,1-3H3,(H,31,35). The van der Waals surface area contributed by atoms with Crippen molar-refractivity contribution >= 4 is 16.8 Å². The van der Waals surface area contributed by atoms with E-state index in [1.54, 1.807) is 31.5 Å². The Kier molecular flexibility index (Phi) is 6.21. The lowest BCUT2D eigenvalue weighted by atomic mass is 10.0. The molecular formula is C29H25FN4O2. The highest BCUT2D eigenvalue weighted by molar-refractivity contribution is 6.07. The molecular weight excluding hydrogens is 455 g/mol. The molecule has 0 unspecified atom stereocenters. The third-order valence-electron chi connectivity index (χ3n) is 6.15. The zero-order valence-corrected chi connectivity index (χ0v) is 20.2. The smallest absolute Gasteiger partial charge is 0.252 e. The van der Waals surface area contributed by atoms with Crippen LogP contribution in [0.25, 0.3) is 27.8 Å². The highest BCUT2D eigenvalue weighted by Gasteiger charge is 2.18. The molecule has 1 amide bonds. The summed E-state index contributed by atoms with van der Waals surface area (Å²) in [6, 6.07) is 21.5. The summed E-state index contributed by atoms with van der Waals surface area (Å²) in [7, 11) is 1.63. The molecule has 7 heteroatoms. The van der Waals surface area contributed by atoms with Crippen molar-refractivity contribution in [1.29, 1.82) is 0 Å². The number of pyridine rings is 1. The zero-order valence-electron chi connectivity index (χ0n) is 20.2. The molecule has 3 aromatic carbocycles. The molecule has 0 aliphatic heterocycles. The Morgan fingerprint density at radius 1 is 1.03 bits per heavy atom. The third kappa shape index (κ3) is 4.55. The van der Waals surface area contributed by atoms with E-state index >= 15 is 0 Å². The van der Waals surface area contributed by atoms with E-state index in [0.717, 1.165) is 33.6 Å². The lowest BCUT2D eigenvalue weighted by Gasteiger charge is -2.12. The number of ether oxygens (including phenoxy) is 1. The van der Waals surface area contributed by atoms with Crippen molar-refractivity contribution in [3.8, 4) is 22.7 Å². The van der Waals surface area contributed by atoms with E-state index in [1.807, 2.05) is 61.0 Å². The van der Waals surface area contributed by atoms with E-state index in [0.29, 0.717) is 22.3 Å². The van der Waals surface area contributed by atoms with Crippen LogP contribution in [0.3, 0.4) is 0 Å². The number of hydrogen-bond donors (Lipinski definition) is 1. The van der Waals surface area contributed by atoms with Crippen LogP contribution in [0, 0.1) is 19.7 Å². The summed E-state index contributed by atoms with van der Waals surface area (Å²) < 4.78 is 20.7. The molecule has 0 spiro atoms. The third-order valence-corrected chi connectivity index (χ3v) is 6.15. The van der Waals surface area contributed by atoms with Crippen molar-refractivity contribution in [2.45, 2.75) is 20.4 Å². The maximum Gasteiger partial charge on any atom is 0.252 e. The number of aromatic nitrogens is 3. The van der Waals surface area contributed by atoms with Gasteiger partial charge in [0, 0.05) is 17.5 Å². The van der Waals surface area contributed by atoms with Crippen molar-refractivity contribution < 1.29 is 13.9 Å². The van der Waals surface area contributed by atoms with Gasteiger partial charge in [-0.25, -0.2) is 14.1 Å². The van der Waals surface area contributed by atoms with Crippen LogP contribution in [0.5, 0.6) is 5.75 Å². The fourth-order valence-electron chi connectivity index (χ4n) is 4.23. The predicted molar refractivity (Wildman–Crippen MR) is 138 cm³/mol. The SMILES string of the molecule is COc1ccc(-n2ncc(-c3cc(C(=O)NCc4cccc(F)c4)c4cc(C)ccc4n3)c2C)cc1. The summed E-state index contributed by atoms with van der Waals surface area (Å²) >= 11 is 0. The number of carbonyl (C=O) groups excluding carboxylic acids is 1. The van der Waals surface area contributed by atoms with Gasteiger partial charge in [-0.2, -0.15) is 5.10 Å². The maximum atomic E-state index is 13.6. The van der Waals surface area contributed by atoms with Crippen molar-refractivity contribution in [2.75, 3.05) is 7.11 Å². The summed E-state index contributed by atoms with van der Waals surface area (Å²) in [6.07, 6.45) is 1.76. The van der Waals surface area contributed by atoms with Crippen LogP contribution in [0.1, 0.15) is 27.2 Å². The minimum Gasteiger partial charge on any atom is -0.497 e. The Bertz CT molecular complexity index is 1570. The van der Waals surface area contributed by atoms with E-state index in [-0.39, 0.29) is 18.3 Å². The molecule has 0 aliphatic rings. The Morgan fingerprint density at radius 3 is 2.58 bits per heavy atom. The molecule has 0 radical (unpaired) electrons. The van der Waals surface area contributed by atoms with Crippen LogP contribution in [0.4, 0.5) is 4.39 Å². The largest absolute Gasteiger partial charge is 0.497 e. The first-order chi connectivity index (χ1) is 17.4. The number of nitrogens with one attached hydrogen (secondary N) is 1. The second-order valence-electron chi connectivity index (χ2n) is 8.64. The molecule has 0 atom stereocenters. The van der Waals surface area contributed by atoms with Gasteiger partial charge >= 0.3 is 0 Å². The minimum absolute atomic E-state index is 0.218. The van der Waals surface area contributed by atoms with Gasteiger partial charge in [-0.1, -0.05) is 23.8 Å². The molecule has 2 aromatic heterocycles. The van der Waals surface area contributed by atoms with Crippen LogP contribution < -0.4 is 10.1 Å². The monoisotopic (exact) mass is 480 g/mol. The quantitative estimate of drug-likeness (QED) is 0.334. The van der Waals surface area contributed by atoms with Crippen LogP contribution in [0.2, 0.25) is 0 Å². The zero-order chi connectivity index (χ0) is 25.2. The molecule has 0 saturated carbocycles. The number of amides is 1. The number of methoxy groups -OCH3 is 1. The van der Waals surface area contributed by atoms with Crippen LogP contribution in [0.15, 0.2) is 79.0 Å². The molecule has 0 fully saturated rings. The Hall–Kier alpha value is -4.52. The summed E-state index contributed by atoms with van der Waals surface area (Å²) in [4.78, 5) is 18.2. The van der Waals surface area contributed by atoms with Gasteiger partial charge in [0.15, 0.2) is 0 Å². The first-order valence-electron chi connectivity index (χ1n) is 11.6. The van der Waals surface area contributed by atoms with Crippen molar-refractivity contribution in [3.05, 3.63) is 107 Å². The van der Waals surface area contributed by atoms with Gasteiger partial charge in [0.2, 0.25) is 0 Å². The summed E-state index contributed by atoms with van der Waals surface area (Å²) in [5, 5.41) is 8.25. The first kappa shape index (κ1) is 23.2. The topological polar surface area (TPSA) is 69.0 Å². The van der Waals surface area contributed by atoms with Gasteiger partial charge < -0.3 is 10.1 Å². The van der Waals surface area contributed by atoms with Gasteiger partial charge in [-0.3, -0.25) is 4.79 Å². The average molecular weight is 481 g/mol. The molecule has 0 bridgehead atoms. The molecule has 0 saturated heterocycles. The van der Waals surface area contributed by atoms with Gasteiger partial charge in [-0.15, -0.1) is 0 Å².